The van der Waals surface area contributed by atoms with Crippen LogP contribution < -0.4 is 5.32 Å². The molecular weight excluding hydrogens is 444 g/mol. The first kappa shape index (κ1) is 22.5. The molecular formula is C27H24N4O4. The van der Waals surface area contributed by atoms with E-state index in [9.17, 15) is 19.2 Å². The van der Waals surface area contributed by atoms with Crippen LogP contribution in [0.3, 0.4) is 0 Å². The summed E-state index contributed by atoms with van der Waals surface area (Å²) in [7, 11) is 0. The van der Waals surface area contributed by atoms with Gasteiger partial charge in [0.15, 0.2) is 0 Å². The van der Waals surface area contributed by atoms with Crippen LogP contribution in [0, 0.1) is 0 Å². The van der Waals surface area contributed by atoms with E-state index < -0.39 is 29.4 Å². The van der Waals surface area contributed by atoms with Gasteiger partial charge in [-0.2, -0.15) is 0 Å². The number of pyridine rings is 1. The molecule has 2 aliphatic heterocycles. The number of carbonyl (C=O) groups is 4. The number of fused-ring (bicyclic) bond motifs is 1. The summed E-state index contributed by atoms with van der Waals surface area (Å²) < 4.78 is 0. The van der Waals surface area contributed by atoms with Crippen molar-refractivity contribution >= 4 is 29.3 Å². The third-order valence-electron chi connectivity index (χ3n) is 6.64. The number of rotatable bonds is 5. The Morgan fingerprint density at radius 3 is 2.00 bits per heavy atom. The molecule has 0 radical (unpaired) electrons. The smallest absolute Gasteiger partial charge is 0.262 e. The molecule has 5 rings (SSSR count). The monoisotopic (exact) mass is 468 g/mol. The van der Waals surface area contributed by atoms with Crippen LogP contribution in [-0.2, 0) is 15.1 Å². The predicted octanol–water partition coefficient (Wildman–Crippen LogP) is 3.52. The number of hydrogen-bond acceptors (Lipinski definition) is 5. The summed E-state index contributed by atoms with van der Waals surface area (Å²) in [6.07, 6.45) is 1.67. The Morgan fingerprint density at radius 1 is 0.857 bits per heavy atom. The van der Waals surface area contributed by atoms with E-state index in [1.807, 2.05) is 26.0 Å². The number of amides is 4. The fourth-order valence-corrected chi connectivity index (χ4v) is 4.96. The number of β-lactam (4-membered cyclic amide) rings is 1. The topological polar surface area (TPSA) is 99.7 Å². The highest BCUT2D eigenvalue weighted by Crippen LogP contribution is 2.48. The van der Waals surface area contributed by atoms with E-state index in [1.54, 1.807) is 65.7 Å². The minimum Gasteiger partial charge on any atom is -0.326 e. The molecule has 176 valence electrons. The summed E-state index contributed by atoms with van der Waals surface area (Å²) in [5.41, 5.74) is 1.83. The molecule has 1 saturated heterocycles. The number of hydrogen-bond donors (Lipinski definition) is 1. The Labute approximate surface area is 202 Å². The fraction of sp³-hybridized carbons (Fsp3) is 0.222. The summed E-state index contributed by atoms with van der Waals surface area (Å²) >= 11 is 0. The van der Waals surface area contributed by atoms with E-state index in [1.165, 1.54) is 6.92 Å². The number of nitrogens with zero attached hydrogens (tertiary/aromatic N) is 3. The van der Waals surface area contributed by atoms with Crippen molar-refractivity contribution in [3.8, 4) is 0 Å². The minimum absolute atomic E-state index is 0.196. The maximum atomic E-state index is 13.7. The van der Waals surface area contributed by atoms with Gasteiger partial charge in [0.2, 0.25) is 11.8 Å². The van der Waals surface area contributed by atoms with Crippen molar-refractivity contribution in [2.24, 2.45) is 0 Å². The van der Waals surface area contributed by atoms with Crippen LogP contribution in [0.15, 0.2) is 72.9 Å². The number of nitrogens with one attached hydrogen (secondary N) is 1. The number of likely N-dealkylation sites (tertiary alicyclic amines) is 1. The molecule has 2 atom stereocenters. The number of aromatic nitrogens is 1. The number of carbonyl (C=O) groups excluding carboxylic acids is 4. The van der Waals surface area contributed by atoms with Gasteiger partial charge in [0.25, 0.3) is 11.8 Å². The molecule has 2 aliphatic rings. The molecule has 2 aromatic carbocycles. The zero-order chi connectivity index (χ0) is 24.9. The van der Waals surface area contributed by atoms with Gasteiger partial charge in [-0.1, -0.05) is 30.3 Å². The van der Waals surface area contributed by atoms with Crippen LogP contribution in [0.1, 0.15) is 58.8 Å². The fourth-order valence-electron chi connectivity index (χ4n) is 4.96. The van der Waals surface area contributed by atoms with Gasteiger partial charge in [0.1, 0.15) is 6.04 Å². The van der Waals surface area contributed by atoms with Gasteiger partial charge in [-0.25, -0.2) is 0 Å². The van der Waals surface area contributed by atoms with Crippen molar-refractivity contribution in [2.45, 2.75) is 38.4 Å². The lowest BCUT2D eigenvalue weighted by Gasteiger charge is -2.56. The number of anilines is 1. The first-order valence-corrected chi connectivity index (χ1v) is 11.3. The molecule has 1 aromatic heterocycles. The summed E-state index contributed by atoms with van der Waals surface area (Å²) in [4.78, 5) is 58.8. The predicted molar refractivity (Wildman–Crippen MR) is 128 cm³/mol. The second-order valence-corrected chi connectivity index (χ2v) is 9.20. The highest BCUT2D eigenvalue weighted by Gasteiger charge is 2.60. The normalized spacial score (nSPS) is 19.5. The molecule has 3 heterocycles. The van der Waals surface area contributed by atoms with Crippen LogP contribution in [0.2, 0.25) is 0 Å². The van der Waals surface area contributed by atoms with Crippen molar-refractivity contribution in [3.63, 3.8) is 0 Å². The first-order chi connectivity index (χ1) is 16.7. The van der Waals surface area contributed by atoms with E-state index in [0.717, 1.165) is 10.5 Å². The zero-order valence-electron chi connectivity index (χ0n) is 19.6. The summed E-state index contributed by atoms with van der Waals surface area (Å²) in [6, 6.07) is 17.6. The SMILES string of the molecule is CC(=O)Nc1ccc([C@H]2[C@H](N3C(=O)c4ccccc4C3=O)C(=O)N2C(C)(C)c2ccccn2)cc1. The summed E-state index contributed by atoms with van der Waals surface area (Å²) in [5, 5.41) is 2.73. The van der Waals surface area contributed by atoms with Crippen LogP contribution in [0.4, 0.5) is 5.69 Å². The van der Waals surface area contributed by atoms with Crippen molar-refractivity contribution in [1.82, 2.24) is 14.8 Å². The zero-order valence-corrected chi connectivity index (χ0v) is 19.6. The van der Waals surface area contributed by atoms with E-state index in [0.29, 0.717) is 22.5 Å². The third-order valence-corrected chi connectivity index (χ3v) is 6.64. The number of benzene rings is 2. The van der Waals surface area contributed by atoms with Gasteiger partial charge in [0.05, 0.1) is 28.4 Å². The molecule has 0 spiro atoms. The molecule has 0 aliphatic carbocycles. The van der Waals surface area contributed by atoms with Crippen LogP contribution in [-0.4, -0.2) is 44.5 Å². The molecule has 8 nitrogen and oxygen atoms in total. The molecule has 4 amide bonds. The highest BCUT2D eigenvalue weighted by atomic mass is 16.2. The highest BCUT2D eigenvalue weighted by molar-refractivity contribution is 6.23. The van der Waals surface area contributed by atoms with E-state index in [2.05, 4.69) is 10.3 Å². The van der Waals surface area contributed by atoms with E-state index in [-0.39, 0.29) is 11.8 Å². The first-order valence-electron chi connectivity index (χ1n) is 11.3. The molecule has 0 bridgehead atoms. The molecule has 0 saturated carbocycles. The summed E-state index contributed by atoms with van der Waals surface area (Å²) in [6.45, 7) is 5.21. The Morgan fingerprint density at radius 2 is 1.46 bits per heavy atom. The molecule has 1 N–H and O–H groups in total. The second kappa shape index (κ2) is 8.16. The van der Waals surface area contributed by atoms with Gasteiger partial charge >= 0.3 is 0 Å². The van der Waals surface area contributed by atoms with Crippen LogP contribution in [0.25, 0.3) is 0 Å². The molecule has 8 heteroatoms. The molecule has 35 heavy (non-hydrogen) atoms. The Kier molecular flexibility index (Phi) is 5.24. The standard InChI is InChI=1S/C27H24N4O4/c1-16(32)29-18-13-11-17(12-14-18)22-23(30-24(33)19-8-4-5-9-20(19)25(30)34)26(35)31(22)27(2,3)21-10-6-7-15-28-21/h4-15,22-23H,1-3H3,(H,29,32)/t22-,23-/m0/s1. The van der Waals surface area contributed by atoms with E-state index >= 15 is 0 Å². The molecule has 3 aromatic rings. The second-order valence-electron chi connectivity index (χ2n) is 9.20. The average Bonchev–Trinajstić information content (AvgIpc) is 3.08. The Hall–Kier alpha value is -4.33. The van der Waals surface area contributed by atoms with Gasteiger partial charge in [-0.3, -0.25) is 29.1 Å². The maximum Gasteiger partial charge on any atom is 0.262 e. The lowest BCUT2D eigenvalue weighted by Crippen LogP contribution is -2.70. The number of imide groups is 1. The van der Waals surface area contributed by atoms with Crippen LogP contribution in [0.5, 0.6) is 0 Å². The maximum absolute atomic E-state index is 13.7. The van der Waals surface area contributed by atoms with Crippen LogP contribution >= 0.6 is 0 Å². The van der Waals surface area contributed by atoms with Gasteiger partial charge in [0, 0.05) is 18.8 Å². The van der Waals surface area contributed by atoms with Crippen molar-refractivity contribution in [1.29, 1.82) is 0 Å². The van der Waals surface area contributed by atoms with Gasteiger partial charge < -0.3 is 10.2 Å². The lowest BCUT2D eigenvalue weighted by atomic mass is 9.80. The summed E-state index contributed by atoms with van der Waals surface area (Å²) in [5.74, 6) is -1.47. The van der Waals surface area contributed by atoms with Crippen molar-refractivity contribution < 1.29 is 19.2 Å². The Balaban J connectivity index is 1.57. The van der Waals surface area contributed by atoms with Gasteiger partial charge in [-0.15, -0.1) is 0 Å². The average molecular weight is 469 g/mol. The molecule has 1 fully saturated rings. The molecule has 0 unspecified atom stereocenters. The minimum atomic E-state index is -0.989. The Bertz CT molecular complexity index is 1320. The third kappa shape index (κ3) is 3.49. The van der Waals surface area contributed by atoms with E-state index in [4.69, 9.17) is 0 Å². The van der Waals surface area contributed by atoms with Gasteiger partial charge in [-0.05, 0) is 55.8 Å². The quantitative estimate of drug-likeness (QED) is 0.456. The van der Waals surface area contributed by atoms with Crippen molar-refractivity contribution in [2.75, 3.05) is 5.32 Å². The largest absolute Gasteiger partial charge is 0.326 e. The van der Waals surface area contributed by atoms with Crippen molar-refractivity contribution in [3.05, 3.63) is 95.3 Å². The lowest BCUT2D eigenvalue weighted by molar-refractivity contribution is -0.168.